The van der Waals surface area contributed by atoms with Gasteiger partial charge >= 0.3 is 0 Å². The zero-order valence-corrected chi connectivity index (χ0v) is 35.9. The standard InChI is InChI=1S/C48H44O.C6H10.C2H6/c1-9-16-39-32(6)17-15-22-40(39)35-23-25-36(26-24-35)45-29-37(27-28-38(45)30(3)4)47-41-18-11-13-20-43(41)48(44-21-14-12-19-42(44)47)46(34(8)49)33(7)31(5)10-2;1-5(2)6(3)4;1-2/h9-29,49H,3,8H2,1-2,4-7H3;1,3H2,2,4H3;1-2H3/b16-9-,31-10-,46-33+;;. The van der Waals surface area contributed by atoms with Crippen LogP contribution in [0, 0.1) is 6.92 Å². The van der Waals surface area contributed by atoms with Crippen molar-refractivity contribution < 1.29 is 5.11 Å². The number of allylic oxidation sites excluding steroid dienone is 8. The van der Waals surface area contributed by atoms with Crippen molar-refractivity contribution in [1.82, 2.24) is 0 Å². The van der Waals surface area contributed by atoms with Crippen LogP contribution in [0.5, 0.6) is 0 Å². The Morgan fingerprint density at radius 1 is 0.579 bits per heavy atom. The summed E-state index contributed by atoms with van der Waals surface area (Å²) in [5.74, 6) is 0.0711. The first kappa shape index (κ1) is 43.5. The van der Waals surface area contributed by atoms with E-state index in [1.54, 1.807) is 0 Å². The maximum atomic E-state index is 11.1. The second-order valence-corrected chi connectivity index (χ2v) is 14.5. The fourth-order valence-electron chi connectivity index (χ4n) is 7.13. The highest BCUT2D eigenvalue weighted by Crippen LogP contribution is 2.45. The molecule has 0 saturated carbocycles. The molecule has 0 aliphatic carbocycles. The molecule has 6 rings (SSSR count). The molecule has 290 valence electrons. The minimum Gasteiger partial charge on any atom is -0.508 e. The third kappa shape index (κ3) is 9.45. The van der Waals surface area contributed by atoms with Crippen LogP contribution in [-0.2, 0) is 0 Å². The smallest absolute Gasteiger partial charge is 0.116 e. The van der Waals surface area contributed by atoms with Gasteiger partial charge in [0.25, 0.3) is 0 Å². The average molecular weight is 749 g/mol. The van der Waals surface area contributed by atoms with Gasteiger partial charge in [-0.2, -0.15) is 0 Å². The van der Waals surface area contributed by atoms with Crippen molar-refractivity contribution in [2.45, 2.75) is 69.2 Å². The lowest BCUT2D eigenvalue weighted by molar-refractivity contribution is 0.440. The average Bonchev–Trinajstić information content (AvgIpc) is 3.21. The predicted molar refractivity (Wildman–Crippen MR) is 257 cm³/mol. The first-order valence-electron chi connectivity index (χ1n) is 19.9. The molecule has 0 fully saturated rings. The molecule has 0 amide bonds. The van der Waals surface area contributed by atoms with Crippen LogP contribution in [0.4, 0.5) is 0 Å². The normalized spacial score (nSPS) is 11.6. The van der Waals surface area contributed by atoms with E-state index < -0.39 is 0 Å². The molecule has 6 aromatic rings. The number of rotatable bonds is 9. The van der Waals surface area contributed by atoms with Gasteiger partial charge in [-0.25, -0.2) is 0 Å². The SMILES string of the molecule is C=C(C)C(=C)C.C=C(O)/C(=C(C)\C(C)=C/C)c1c2ccccc2c(-c2ccc(C(=C)C)c(-c3ccc(-c4cccc(C)c4/C=C\C)cc3)c2)c2ccccc12.CC. The van der Waals surface area contributed by atoms with Crippen molar-refractivity contribution in [3.8, 4) is 33.4 Å². The monoisotopic (exact) mass is 748 g/mol. The number of aryl methyl sites for hydroxylation is 1. The number of hydrogen-bond donors (Lipinski definition) is 1. The van der Waals surface area contributed by atoms with E-state index in [1.807, 2.05) is 34.6 Å². The molecule has 0 aromatic heterocycles. The Kier molecular flexibility index (Phi) is 15.0. The van der Waals surface area contributed by atoms with Gasteiger partial charge in [0.15, 0.2) is 0 Å². The molecule has 57 heavy (non-hydrogen) atoms. The fourth-order valence-corrected chi connectivity index (χ4v) is 7.13. The lowest BCUT2D eigenvalue weighted by Crippen LogP contribution is -1.99. The van der Waals surface area contributed by atoms with E-state index in [4.69, 9.17) is 0 Å². The van der Waals surface area contributed by atoms with E-state index in [0.29, 0.717) is 0 Å². The van der Waals surface area contributed by atoms with E-state index in [-0.39, 0.29) is 5.76 Å². The van der Waals surface area contributed by atoms with Crippen molar-refractivity contribution in [3.63, 3.8) is 0 Å². The fraction of sp³-hybridized carbons (Fsp3) is 0.179. The highest BCUT2D eigenvalue weighted by Gasteiger charge is 2.22. The van der Waals surface area contributed by atoms with Crippen LogP contribution < -0.4 is 0 Å². The van der Waals surface area contributed by atoms with Gasteiger partial charge in [0.05, 0.1) is 0 Å². The molecule has 1 N–H and O–H groups in total. The molecule has 0 atom stereocenters. The lowest BCUT2D eigenvalue weighted by atomic mass is 9.82. The number of fused-ring (bicyclic) bond motifs is 2. The van der Waals surface area contributed by atoms with Crippen LogP contribution in [0.1, 0.15) is 84.6 Å². The van der Waals surface area contributed by atoms with Gasteiger partial charge in [-0.1, -0.05) is 184 Å². The van der Waals surface area contributed by atoms with E-state index in [9.17, 15) is 5.11 Å². The summed E-state index contributed by atoms with van der Waals surface area (Å²) in [6, 6.07) is 39.3. The zero-order valence-electron chi connectivity index (χ0n) is 35.9. The summed E-state index contributed by atoms with van der Waals surface area (Å²) in [6.45, 7) is 36.1. The van der Waals surface area contributed by atoms with E-state index in [0.717, 1.165) is 82.8 Å². The Labute approximate surface area is 343 Å². The Morgan fingerprint density at radius 2 is 1.07 bits per heavy atom. The lowest BCUT2D eigenvalue weighted by Gasteiger charge is -2.21. The van der Waals surface area contributed by atoms with Crippen molar-refractivity contribution in [3.05, 3.63) is 198 Å². The number of hydrogen-bond acceptors (Lipinski definition) is 1. The summed E-state index contributed by atoms with van der Waals surface area (Å²) in [5.41, 5.74) is 17.7. The van der Waals surface area contributed by atoms with E-state index >= 15 is 0 Å². The molecule has 0 unspecified atom stereocenters. The number of benzene rings is 6. The number of aliphatic hydroxyl groups excluding tert-OH is 1. The molecular formula is C56H60O. The minimum atomic E-state index is 0.0711. The van der Waals surface area contributed by atoms with Gasteiger partial charge in [0.2, 0.25) is 0 Å². The Morgan fingerprint density at radius 3 is 1.53 bits per heavy atom. The topological polar surface area (TPSA) is 20.2 Å². The van der Waals surface area contributed by atoms with Gasteiger partial charge < -0.3 is 5.11 Å². The minimum absolute atomic E-state index is 0.0711. The van der Waals surface area contributed by atoms with Crippen LogP contribution >= 0.6 is 0 Å². The molecule has 0 radical (unpaired) electrons. The Bertz CT molecular complexity index is 2490. The zero-order chi connectivity index (χ0) is 42.0. The summed E-state index contributed by atoms with van der Waals surface area (Å²) < 4.78 is 0. The van der Waals surface area contributed by atoms with E-state index in [1.165, 1.54) is 27.8 Å². The molecular weight excluding hydrogens is 689 g/mol. The summed E-state index contributed by atoms with van der Waals surface area (Å²) >= 11 is 0. The third-order valence-corrected chi connectivity index (χ3v) is 10.5. The molecule has 0 aliphatic rings. The van der Waals surface area contributed by atoms with Crippen molar-refractivity contribution in [2.75, 3.05) is 0 Å². The summed E-state index contributed by atoms with van der Waals surface area (Å²) in [5, 5.41) is 15.5. The quantitative estimate of drug-likeness (QED) is 0.0887. The van der Waals surface area contributed by atoms with Gasteiger partial charge in [-0.15, -0.1) is 0 Å². The summed E-state index contributed by atoms with van der Waals surface area (Å²) in [6.07, 6.45) is 6.38. The van der Waals surface area contributed by atoms with Gasteiger partial charge in [0.1, 0.15) is 5.76 Å². The summed E-state index contributed by atoms with van der Waals surface area (Å²) in [7, 11) is 0. The van der Waals surface area contributed by atoms with Crippen molar-refractivity contribution in [2.24, 2.45) is 0 Å². The van der Waals surface area contributed by atoms with Crippen LogP contribution in [0.3, 0.4) is 0 Å². The van der Waals surface area contributed by atoms with Gasteiger partial charge in [-0.05, 0) is 139 Å². The largest absolute Gasteiger partial charge is 0.508 e. The molecule has 1 heteroatoms. The number of aliphatic hydroxyl groups is 1. The van der Waals surface area contributed by atoms with Crippen LogP contribution in [-0.4, -0.2) is 5.11 Å². The maximum Gasteiger partial charge on any atom is 0.116 e. The molecule has 0 spiro atoms. The highest BCUT2D eigenvalue weighted by atomic mass is 16.3. The molecule has 0 bridgehead atoms. The molecule has 0 saturated heterocycles. The van der Waals surface area contributed by atoms with Crippen LogP contribution in [0.25, 0.3) is 72.1 Å². The van der Waals surface area contributed by atoms with Crippen LogP contribution in [0.15, 0.2) is 176 Å². The Balaban J connectivity index is 0.000000824. The second kappa shape index (κ2) is 19.6. The molecule has 0 aliphatic heterocycles. The van der Waals surface area contributed by atoms with E-state index in [2.05, 4.69) is 188 Å². The summed E-state index contributed by atoms with van der Waals surface area (Å²) in [4.78, 5) is 0. The first-order chi connectivity index (χ1) is 27.3. The third-order valence-electron chi connectivity index (χ3n) is 10.5. The Hall–Kier alpha value is -6.18. The highest BCUT2D eigenvalue weighted by molar-refractivity contribution is 6.20. The van der Waals surface area contributed by atoms with Crippen molar-refractivity contribution in [1.29, 1.82) is 0 Å². The van der Waals surface area contributed by atoms with Gasteiger partial charge in [0, 0.05) is 11.1 Å². The van der Waals surface area contributed by atoms with Gasteiger partial charge in [-0.3, -0.25) is 0 Å². The molecule has 6 aromatic carbocycles. The molecule has 0 heterocycles. The van der Waals surface area contributed by atoms with Crippen molar-refractivity contribution >= 4 is 38.8 Å². The molecule has 1 nitrogen and oxygen atoms in total. The van der Waals surface area contributed by atoms with Crippen LogP contribution in [0.2, 0.25) is 0 Å². The predicted octanol–water partition coefficient (Wildman–Crippen LogP) is 17.3. The second-order valence-electron chi connectivity index (χ2n) is 14.5. The first-order valence-corrected chi connectivity index (χ1v) is 19.9. The maximum absolute atomic E-state index is 11.1.